The number of pyridine rings is 1. The van der Waals surface area contributed by atoms with Crippen molar-refractivity contribution >= 4 is 5.52 Å². The molecule has 0 saturated heterocycles. The molecule has 0 unspecified atom stereocenters. The fourth-order valence-corrected chi connectivity index (χ4v) is 2.06. The second-order valence-corrected chi connectivity index (χ2v) is 4.33. The van der Waals surface area contributed by atoms with Crippen molar-refractivity contribution in [3.63, 3.8) is 0 Å². The molecule has 0 N–H and O–H groups in total. The smallest absolute Gasteiger partial charge is 0.406 e. The topological polar surface area (TPSA) is 13.6 Å². The average Bonchev–Trinajstić information content (AvgIpc) is 2.81. The summed E-state index contributed by atoms with van der Waals surface area (Å²) in [5.41, 5.74) is 2.80. The minimum atomic E-state index is -4.66. The third-order valence-corrected chi connectivity index (χ3v) is 2.93. The Bertz CT molecular complexity index is 696. The third-order valence-electron chi connectivity index (χ3n) is 2.93. The lowest BCUT2D eigenvalue weighted by Crippen LogP contribution is -2.16. The number of alkyl halides is 3. The molecule has 0 amide bonds. The number of hydrogen-bond donors (Lipinski definition) is 0. The Hall–Kier alpha value is -2.43. The van der Waals surface area contributed by atoms with Crippen LogP contribution in [0, 0.1) is 0 Å². The van der Waals surface area contributed by atoms with Gasteiger partial charge in [-0.2, -0.15) is 0 Å². The van der Waals surface area contributed by atoms with Crippen molar-refractivity contribution < 1.29 is 17.9 Å². The van der Waals surface area contributed by atoms with Crippen LogP contribution in [0.1, 0.15) is 0 Å². The largest absolute Gasteiger partial charge is 0.573 e. The minimum absolute atomic E-state index is 0.218. The number of aromatic nitrogens is 1. The molecule has 0 saturated carbocycles. The number of hydrogen-bond acceptors (Lipinski definition) is 1. The first kappa shape index (κ1) is 12.6. The zero-order valence-electron chi connectivity index (χ0n) is 10.3. The number of fused-ring (bicyclic) bond motifs is 1. The molecule has 0 fully saturated rings. The summed E-state index contributed by atoms with van der Waals surface area (Å²) in [7, 11) is 0. The van der Waals surface area contributed by atoms with Crippen LogP contribution in [0.3, 0.4) is 0 Å². The van der Waals surface area contributed by atoms with E-state index >= 15 is 0 Å². The summed E-state index contributed by atoms with van der Waals surface area (Å²) < 4.78 is 42.0. The fourth-order valence-electron chi connectivity index (χ4n) is 2.06. The van der Waals surface area contributed by atoms with Crippen LogP contribution >= 0.6 is 0 Å². The molecule has 0 bridgehead atoms. The maximum absolute atomic E-state index is 12.1. The normalized spacial score (nSPS) is 11.8. The molecule has 0 aliphatic heterocycles. The molecular weight excluding hydrogens is 267 g/mol. The van der Waals surface area contributed by atoms with E-state index in [9.17, 15) is 13.2 Å². The van der Waals surface area contributed by atoms with Crippen molar-refractivity contribution in [2.75, 3.05) is 0 Å². The van der Waals surface area contributed by atoms with E-state index in [0.717, 1.165) is 16.6 Å². The van der Waals surface area contributed by atoms with Gasteiger partial charge in [-0.3, -0.25) is 0 Å². The van der Waals surface area contributed by atoms with Gasteiger partial charge in [0.2, 0.25) is 0 Å². The van der Waals surface area contributed by atoms with E-state index in [0.29, 0.717) is 0 Å². The van der Waals surface area contributed by atoms with Crippen molar-refractivity contribution in [1.29, 1.82) is 0 Å². The predicted octanol–water partition coefficient (Wildman–Crippen LogP) is 4.50. The van der Waals surface area contributed by atoms with E-state index in [1.807, 2.05) is 41.1 Å². The first-order valence-electron chi connectivity index (χ1n) is 5.94. The van der Waals surface area contributed by atoms with Gasteiger partial charge in [-0.1, -0.05) is 18.2 Å². The lowest BCUT2D eigenvalue weighted by atomic mass is 10.1. The van der Waals surface area contributed by atoms with Gasteiger partial charge in [-0.05, 0) is 35.9 Å². The van der Waals surface area contributed by atoms with E-state index in [-0.39, 0.29) is 5.75 Å². The van der Waals surface area contributed by atoms with Crippen LogP contribution in [0.15, 0.2) is 60.9 Å². The van der Waals surface area contributed by atoms with Crippen LogP contribution in [0.4, 0.5) is 13.2 Å². The Morgan fingerprint density at radius 2 is 1.65 bits per heavy atom. The molecule has 2 heterocycles. The van der Waals surface area contributed by atoms with Crippen molar-refractivity contribution in [2.24, 2.45) is 0 Å². The molecule has 3 aromatic rings. The average molecular weight is 277 g/mol. The van der Waals surface area contributed by atoms with Gasteiger partial charge >= 0.3 is 6.36 Å². The van der Waals surface area contributed by atoms with Crippen LogP contribution in [-0.2, 0) is 0 Å². The summed E-state index contributed by atoms with van der Waals surface area (Å²) in [5.74, 6) is -0.218. The summed E-state index contributed by atoms with van der Waals surface area (Å²) in [6, 6.07) is 13.6. The molecule has 20 heavy (non-hydrogen) atoms. The summed E-state index contributed by atoms with van der Waals surface area (Å²) in [5, 5.41) is 0. The highest BCUT2D eigenvalue weighted by molar-refractivity contribution is 5.70. The lowest BCUT2D eigenvalue weighted by Gasteiger charge is -2.08. The van der Waals surface area contributed by atoms with Gasteiger partial charge in [0.15, 0.2) is 0 Å². The third kappa shape index (κ3) is 2.61. The summed E-state index contributed by atoms with van der Waals surface area (Å²) >= 11 is 0. The van der Waals surface area contributed by atoms with Crippen LogP contribution < -0.4 is 4.74 Å². The highest BCUT2D eigenvalue weighted by atomic mass is 19.4. The highest BCUT2D eigenvalue weighted by Gasteiger charge is 2.30. The van der Waals surface area contributed by atoms with Crippen LogP contribution in [-0.4, -0.2) is 10.8 Å². The van der Waals surface area contributed by atoms with Gasteiger partial charge in [-0.15, -0.1) is 13.2 Å². The second kappa shape index (κ2) is 4.59. The zero-order chi connectivity index (χ0) is 14.2. The lowest BCUT2D eigenvalue weighted by molar-refractivity contribution is -0.274. The quantitative estimate of drug-likeness (QED) is 0.672. The molecule has 0 radical (unpaired) electrons. The monoisotopic (exact) mass is 277 g/mol. The van der Waals surface area contributed by atoms with Gasteiger partial charge in [0.1, 0.15) is 5.75 Å². The van der Waals surface area contributed by atoms with Crippen LogP contribution in [0.2, 0.25) is 0 Å². The number of ether oxygens (including phenoxy) is 1. The number of benzene rings is 1. The van der Waals surface area contributed by atoms with E-state index in [1.165, 1.54) is 12.1 Å². The molecule has 0 spiro atoms. The van der Waals surface area contributed by atoms with Crippen molar-refractivity contribution in [2.45, 2.75) is 6.36 Å². The second-order valence-electron chi connectivity index (χ2n) is 4.33. The van der Waals surface area contributed by atoms with E-state index in [4.69, 9.17) is 0 Å². The van der Waals surface area contributed by atoms with E-state index in [1.54, 1.807) is 12.1 Å². The standard InChI is InChI=1S/C15H10F3NO/c16-15(17,18)20-14-6-4-11(5-7-14)12-9-13-3-1-2-8-19(13)10-12/h1-10H. The number of nitrogens with zero attached hydrogens (tertiary/aromatic N) is 1. The molecule has 0 atom stereocenters. The summed E-state index contributed by atoms with van der Waals surface area (Å²) in [6.45, 7) is 0. The molecule has 3 rings (SSSR count). The molecular formula is C15H10F3NO. The SMILES string of the molecule is FC(F)(F)Oc1ccc(-c2cc3ccccn3c2)cc1. The highest BCUT2D eigenvalue weighted by Crippen LogP contribution is 2.27. The maximum atomic E-state index is 12.1. The number of halogens is 3. The molecule has 1 aromatic carbocycles. The Kier molecular flexibility index (Phi) is 2.89. The molecule has 0 aliphatic carbocycles. The fraction of sp³-hybridized carbons (Fsp3) is 0.0667. The first-order chi connectivity index (χ1) is 9.51. The Balaban J connectivity index is 1.90. The van der Waals surface area contributed by atoms with Crippen molar-refractivity contribution in [3.05, 3.63) is 60.9 Å². The predicted molar refractivity (Wildman–Crippen MR) is 69.5 cm³/mol. The maximum Gasteiger partial charge on any atom is 0.573 e. The molecule has 0 aliphatic rings. The van der Waals surface area contributed by atoms with Gasteiger partial charge in [-0.25, -0.2) is 0 Å². The van der Waals surface area contributed by atoms with Gasteiger partial charge in [0.25, 0.3) is 0 Å². The van der Waals surface area contributed by atoms with Crippen LogP contribution in [0.25, 0.3) is 16.6 Å². The Labute approximate surface area is 113 Å². The first-order valence-corrected chi connectivity index (χ1v) is 5.94. The molecule has 2 aromatic heterocycles. The van der Waals surface area contributed by atoms with Crippen molar-refractivity contribution in [1.82, 2.24) is 4.40 Å². The summed E-state index contributed by atoms with van der Waals surface area (Å²) in [6.07, 6.45) is -0.818. The Morgan fingerprint density at radius 1 is 0.900 bits per heavy atom. The summed E-state index contributed by atoms with van der Waals surface area (Å²) in [4.78, 5) is 0. The minimum Gasteiger partial charge on any atom is -0.406 e. The van der Waals surface area contributed by atoms with Gasteiger partial charge in [0, 0.05) is 23.5 Å². The van der Waals surface area contributed by atoms with Crippen LogP contribution in [0.5, 0.6) is 5.75 Å². The number of rotatable bonds is 2. The van der Waals surface area contributed by atoms with Crippen molar-refractivity contribution in [3.8, 4) is 16.9 Å². The zero-order valence-corrected chi connectivity index (χ0v) is 10.3. The van der Waals surface area contributed by atoms with E-state index < -0.39 is 6.36 Å². The Morgan fingerprint density at radius 3 is 2.30 bits per heavy atom. The molecule has 102 valence electrons. The van der Waals surface area contributed by atoms with E-state index in [2.05, 4.69) is 4.74 Å². The van der Waals surface area contributed by atoms with Gasteiger partial charge in [0.05, 0.1) is 0 Å². The molecule has 2 nitrogen and oxygen atoms in total. The molecule has 5 heteroatoms. The van der Waals surface area contributed by atoms with Gasteiger partial charge < -0.3 is 9.14 Å².